The Hall–Kier alpha value is -0.0400. The third-order valence-corrected chi connectivity index (χ3v) is 4.52. The lowest BCUT2D eigenvalue weighted by atomic mass is 9.64. The Morgan fingerprint density at radius 3 is 2.27 bits per heavy atom. The van der Waals surface area contributed by atoms with E-state index in [0.717, 1.165) is 24.2 Å². The fraction of sp³-hybridized carbons (Fsp3) is 1.00. The normalized spacial score (nSPS) is 35.2. The summed E-state index contributed by atoms with van der Waals surface area (Å²) in [4.78, 5) is 0. The lowest BCUT2D eigenvalue weighted by Gasteiger charge is -2.42. The molecule has 0 amide bonds. The van der Waals surface area contributed by atoms with E-state index in [1.165, 1.54) is 19.3 Å². The average Bonchev–Trinajstić information content (AvgIpc) is 2.07. The van der Waals surface area contributed by atoms with Gasteiger partial charge in [0.25, 0.3) is 0 Å². The van der Waals surface area contributed by atoms with Crippen LogP contribution in [-0.4, -0.2) is 11.2 Å². The molecule has 0 heterocycles. The van der Waals surface area contributed by atoms with Crippen molar-refractivity contribution < 1.29 is 5.11 Å². The highest BCUT2D eigenvalue weighted by Gasteiger charge is 2.35. The second-order valence-electron chi connectivity index (χ2n) is 6.51. The predicted molar refractivity (Wildman–Crippen MR) is 65.7 cm³/mol. The number of hydrogen-bond acceptors (Lipinski definition) is 1. The molecule has 90 valence electrons. The summed E-state index contributed by atoms with van der Waals surface area (Å²) in [6.07, 6.45) is 4.86. The molecule has 1 rings (SSSR count). The first kappa shape index (κ1) is 13.0. The molecule has 1 heteroatoms. The Kier molecular flexibility index (Phi) is 4.22. The summed E-state index contributed by atoms with van der Waals surface area (Å²) in [5.41, 5.74) is 0.308. The van der Waals surface area contributed by atoms with Gasteiger partial charge in [-0.05, 0) is 49.4 Å². The third-order valence-electron chi connectivity index (χ3n) is 4.52. The van der Waals surface area contributed by atoms with Crippen molar-refractivity contribution >= 4 is 0 Å². The van der Waals surface area contributed by atoms with Crippen molar-refractivity contribution in [1.29, 1.82) is 0 Å². The van der Waals surface area contributed by atoms with Crippen LogP contribution in [0.4, 0.5) is 0 Å². The summed E-state index contributed by atoms with van der Waals surface area (Å²) in [6, 6.07) is 0. The van der Waals surface area contributed by atoms with Crippen molar-refractivity contribution in [3.63, 3.8) is 0 Å². The van der Waals surface area contributed by atoms with Crippen LogP contribution >= 0.6 is 0 Å². The van der Waals surface area contributed by atoms with Gasteiger partial charge in [0.05, 0.1) is 6.10 Å². The molecule has 0 aromatic carbocycles. The van der Waals surface area contributed by atoms with Crippen LogP contribution in [0.2, 0.25) is 0 Å². The van der Waals surface area contributed by atoms with E-state index >= 15 is 0 Å². The van der Waals surface area contributed by atoms with Crippen LogP contribution in [0.3, 0.4) is 0 Å². The van der Waals surface area contributed by atoms with E-state index in [1.807, 2.05) is 6.92 Å². The Balaban J connectivity index is 2.56. The van der Waals surface area contributed by atoms with E-state index in [2.05, 4.69) is 27.7 Å². The van der Waals surface area contributed by atoms with Crippen molar-refractivity contribution in [1.82, 2.24) is 0 Å². The van der Waals surface area contributed by atoms with Crippen molar-refractivity contribution in [2.24, 2.45) is 23.2 Å². The second kappa shape index (κ2) is 4.86. The first-order valence-corrected chi connectivity index (χ1v) is 6.51. The van der Waals surface area contributed by atoms with E-state index in [1.54, 1.807) is 0 Å². The average molecular weight is 212 g/mol. The highest BCUT2D eigenvalue weighted by atomic mass is 16.3. The first-order chi connectivity index (χ1) is 6.83. The van der Waals surface area contributed by atoms with Crippen molar-refractivity contribution in [3.8, 4) is 0 Å². The van der Waals surface area contributed by atoms with Gasteiger partial charge in [0.1, 0.15) is 0 Å². The highest BCUT2D eigenvalue weighted by Crippen LogP contribution is 2.44. The minimum absolute atomic E-state index is 0.158. The standard InChI is InChI=1S/C14H28O/c1-10-6-7-13(8-11(10)2)14(4,5)9-12(3)15/h10-13,15H,6-9H2,1-5H3. The van der Waals surface area contributed by atoms with E-state index in [-0.39, 0.29) is 6.10 Å². The first-order valence-electron chi connectivity index (χ1n) is 6.51. The summed E-state index contributed by atoms with van der Waals surface area (Å²) >= 11 is 0. The molecule has 0 aliphatic heterocycles. The molecule has 1 saturated carbocycles. The fourth-order valence-electron chi connectivity index (χ4n) is 3.19. The number of aliphatic hydroxyl groups excluding tert-OH is 1. The molecule has 15 heavy (non-hydrogen) atoms. The summed E-state index contributed by atoms with van der Waals surface area (Å²) in [5.74, 6) is 2.55. The minimum atomic E-state index is -0.158. The Morgan fingerprint density at radius 2 is 1.80 bits per heavy atom. The lowest BCUT2D eigenvalue weighted by Crippen LogP contribution is -2.33. The number of rotatable bonds is 3. The van der Waals surface area contributed by atoms with Crippen molar-refractivity contribution in [2.75, 3.05) is 0 Å². The summed E-state index contributed by atoms with van der Waals surface area (Å²) in [6.45, 7) is 11.3. The maximum absolute atomic E-state index is 9.54. The van der Waals surface area contributed by atoms with E-state index in [0.29, 0.717) is 5.41 Å². The van der Waals surface area contributed by atoms with E-state index in [9.17, 15) is 5.11 Å². The summed E-state index contributed by atoms with van der Waals surface area (Å²) in [5, 5.41) is 9.54. The van der Waals surface area contributed by atoms with Crippen molar-refractivity contribution in [3.05, 3.63) is 0 Å². The van der Waals surface area contributed by atoms with Crippen molar-refractivity contribution in [2.45, 2.75) is 66.4 Å². The molecule has 1 aliphatic rings. The van der Waals surface area contributed by atoms with Crippen LogP contribution in [-0.2, 0) is 0 Å². The number of aliphatic hydroxyl groups is 1. The molecule has 0 aromatic heterocycles. The van der Waals surface area contributed by atoms with Gasteiger partial charge in [-0.1, -0.05) is 34.1 Å². The minimum Gasteiger partial charge on any atom is -0.393 e. The topological polar surface area (TPSA) is 20.2 Å². The maximum atomic E-state index is 9.54. The Labute approximate surface area is 95.3 Å². The van der Waals surface area contributed by atoms with Gasteiger partial charge < -0.3 is 5.11 Å². The molecule has 0 spiro atoms. The summed E-state index contributed by atoms with van der Waals surface area (Å²) < 4.78 is 0. The molecule has 1 aliphatic carbocycles. The Morgan fingerprint density at radius 1 is 1.20 bits per heavy atom. The van der Waals surface area contributed by atoms with Gasteiger partial charge in [-0.25, -0.2) is 0 Å². The zero-order chi connectivity index (χ0) is 11.6. The fourth-order valence-corrected chi connectivity index (χ4v) is 3.19. The zero-order valence-corrected chi connectivity index (χ0v) is 11.1. The summed E-state index contributed by atoms with van der Waals surface area (Å²) in [7, 11) is 0. The molecule has 0 radical (unpaired) electrons. The maximum Gasteiger partial charge on any atom is 0.0517 e. The highest BCUT2D eigenvalue weighted by molar-refractivity contribution is 4.86. The largest absolute Gasteiger partial charge is 0.393 e. The second-order valence-corrected chi connectivity index (χ2v) is 6.51. The smallest absolute Gasteiger partial charge is 0.0517 e. The quantitative estimate of drug-likeness (QED) is 0.753. The van der Waals surface area contributed by atoms with Gasteiger partial charge in [0, 0.05) is 0 Å². The molecule has 1 N–H and O–H groups in total. The molecule has 4 atom stereocenters. The van der Waals surface area contributed by atoms with Crippen LogP contribution in [0, 0.1) is 23.2 Å². The molecule has 0 aromatic rings. The molecule has 0 bridgehead atoms. The van der Waals surface area contributed by atoms with Gasteiger partial charge >= 0.3 is 0 Å². The van der Waals surface area contributed by atoms with E-state index in [4.69, 9.17) is 0 Å². The SMILES string of the molecule is CC(O)CC(C)(C)C1CCC(C)C(C)C1. The van der Waals surface area contributed by atoms with Crippen LogP contribution in [0.5, 0.6) is 0 Å². The zero-order valence-electron chi connectivity index (χ0n) is 11.1. The lowest BCUT2D eigenvalue weighted by molar-refractivity contribution is 0.0490. The van der Waals surface area contributed by atoms with Crippen LogP contribution in [0.1, 0.15) is 60.3 Å². The number of hydrogen-bond donors (Lipinski definition) is 1. The van der Waals surface area contributed by atoms with Gasteiger partial charge in [-0.15, -0.1) is 0 Å². The van der Waals surface area contributed by atoms with Crippen LogP contribution < -0.4 is 0 Å². The van der Waals surface area contributed by atoms with Gasteiger partial charge in [0.15, 0.2) is 0 Å². The van der Waals surface area contributed by atoms with E-state index < -0.39 is 0 Å². The van der Waals surface area contributed by atoms with Crippen LogP contribution in [0.15, 0.2) is 0 Å². The molecule has 4 unspecified atom stereocenters. The molecular formula is C14H28O. The molecule has 1 fully saturated rings. The molecule has 1 nitrogen and oxygen atoms in total. The molecule has 0 saturated heterocycles. The van der Waals surface area contributed by atoms with Gasteiger partial charge in [-0.3, -0.25) is 0 Å². The van der Waals surface area contributed by atoms with Crippen LogP contribution in [0.25, 0.3) is 0 Å². The van der Waals surface area contributed by atoms with Gasteiger partial charge in [-0.2, -0.15) is 0 Å². The molecular weight excluding hydrogens is 184 g/mol. The monoisotopic (exact) mass is 212 g/mol. The predicted octanol–water partition coefficient (Wildman–Crippen LogP) is 3.86. The van der Waals surface area contributed by atoms with Gasteiger partial charge in [0.2, 0.25) is 0 Å². The Bertz CT molecular complexity index is 196. The third kappa shape index (κ3) is 3.48.